The molecule has 4 heteroatoms. The van der Waals surface area contributed by atoms with E-state index in [0.29, 0.717) is 0 Å². The number of para-hydroxylation sites is 1. The van der Waals surface area contributed by atoms with E-state index in [1.807, 2.05) is 18.6 Å². The first kappa shape index (κ1) is 32.0. The molecular formula is C53H36N4. The summed E-state index contributed by atoms with van der Waals surface area (Å²) in [5.74, 6) is 0.262. The summed E-state index contributed by atoms with van der Waals surface area (Å²) in [5, 5.41) is 4.82. The van der Waals surface area contributed by atoms with Crippen LogP contribution in [-0.2, 0) is 5.41 Å². The van der Waals surface area contributed by atoms with Crippen LogP contribution in [0.3, 0.4) is 0 Å². The van der Waals surface area contributed by atoms with Gasteiger partial charge in [0, 0.05) is 50.9 Å². The number of aromatic nitrogens is 4. The van der Waals surface area contributed by atoms with Gasteiger partial charge >= 0.3 is 0 Å². The Labute approximate surface area is 330 Å². The van der Waals surface area contributed by atoms with Gasteiger partial charge in [-0.3, -0.25) is 9.55 Å². The molecule has 2 aliphatic carbocycles. The Kier molecular flexibility index (Phi) is 6.93. The zero-order valence-electron chi connectivity index (χ0n) is 31.1. The zero-order valence-corrected chi connectivity index (χ0v) is 31.1. The van der Waals surface area contributed by atoms with Crippen molar-refractivity contribution in [1.82, 2.24) is 19.1 Å². The van der Waals surface area contributed by atoms with Crippen LogP contribution in [0, 0.1) is 5.92 Å². The van der Waals surface area contributed by atoms with E-state index in [9.17, 15) is 0 Å². The molecular weight excluding hydrogens is 693 g/mol. The third-order valence-corrected chi connectivity index (χ3v) is 12.6. The molecule has 0 N–H and O–H groups in total. The molecule has 268 valence electrons. The minimum Gasteiger partial charge on any atom is -0.308 e. The summed E-state index contributed by atoms with van der Waals surface area (Å²) in [4.78, 5) is 9.52. The Bertz CT molecular complexity index is 3200. The maximum Gasteiger partial charge on any atom is 0.145 e. The molecule has 4 aromatic heterocycles. The summed E-state index contributed by atoms with van der Waals surface area (Å²) < 4.78 is 4.71. The van der Waals surface area contributed by atoms with Gasteiger partial charge in [-0.25, -0.2) is 4.98 Å². The molecule has 4 nitrogen and oxygen atoms in total. The monoisotopic (exact) mass is 728 g/mol. The molecule has 2 aliphatic rings. The van der Waals surface area contributed by atoms with Crippen LogP contribution in [0.25, 0.3) is 77.4 Å². The Hall–Kier alpha value is -7.30. The second-order valence-electron chi connectivity index (χ2n) is 15.3. The second-order valence-corrected chi connectivity index (χ2v) is 15.3. The molecule has 10 aromatic rings. The minimum atomic E-state index is -0.344. The van der Waals surface area contributed by atoms with Crippen molar-refractivity contribution in [3.8, 4) is 33.6 Å². The van der Waals surface area contributed by atoms with Gasteiger partial charge in [0.05, 0.1) is 28.2 Å². The van der Waals surface area contributed by atoms with Crippen LogP contribution in [0.15, 0.2) is 201 Å². The van der Waals surface area contributed by atoms with Gasteiger partial charge in [0.15, 0.2) is 0 Å². The second kappa shape index (κ2) is 12.4. The highest BCUT2D eigenvalue weighted by Gasteiger charge is 2.50. The summed E-state index contributed by atoms with van der Waals surface area (Å²) in [6.45, 7) is 0. The Morgan fingerprint density at radius 1 is 0.526 bits per heavy atom. The van der Waals surface area contributed by atoms with Crippen LogP contribution in [0.5, 0.6) is 0 Å². The van der Waals surface area contributed by atoms with Crippen LogP contribution >= 0.6 is 0 Å². The molecule has 2 unspecified atom stereocenters. The zero-order chi connectivity index (χ0) is 37.5. The van der Waals surface area contributed by atoms with Gasteiger partial charge in [0.2, 0.25) is 0 Å². The molecule has 6 aromatic carbocycles. The van der Waals surface area contributed by atoms with E-state index in [4.69, 9.17) is 4.98 Å². The molecule has 4 heterocycles. The first-order valence-corrected chi connectivity index (χ1v) is 19.8. The number of fused-ring (bicyclic) bond motifs is 10. The van der Waals surface area contributed by atoms with Crippen molar-refractivity contribution in [1.29, 1.82) is 0 Å². The van der Waals surface area contributed by atoms with Crippen molar-refractivity contribution in [3.05, 3.63) is 217 Å². The molecule has 12 rings (SSSR count). The lowest BCUT2D eigenvalue weighted by atomic mass is 9.62. The van der Waals surface area contributed by atoms with Gasteiger partial charge in [0.25, 0.3) is 0 Å². The smallest absolute Gasteiger partial charge is 0.145 e. The maximum atomic E-state index is 5.05. The van der Waals surface area contributed by atoms with Crippen molar-refractivity contribution >= 4 is 43.7 Å². The summed E-state index contributed by atoms with van der Waals surface area (Å²) in [5.41, 5.74) is 15.3. The van der Waals surface area contributed by atoms with E-state index < -0.39 is 0 Å². The SMILES string of the molecule is C1=CCC(C2(c3ccccc3)c3ccccc3-c3c2ccc2c4cccnc4n(-c4ccc(-c5ccc(-n6c7ccccc7c7ccncc76)cc5)cc4)c32)C=C1. The highest BCUT2D eigenvalue weighted by molar-refractivity contribution is 6.15. The number of pyridine rings is 2. The largest absolute Gasteiger partial charge is 0.308 e. The summed E-state index contributed by atoms with van der Waals surface area (Å²) >= 11 is 0. The van der Waals surface area contributed by atoms with Crippen LogP contribution in [0.1, 0.15) is 23.1 Å². The highest BCUT2D eigenvalue weighted by Crippen LogP contribution is 2.60. The predicted octanol–water partition coefficient (Wildman–Crippen LogP) is 12.8. The van der Waals surface area contributed by atoms with E-state index in [2.05, 4.69) is 196 Å². The van der Waals surface area contributed by atoms with Gasteiger partial charge in [-0.1, -0.05) is 133 Å². The average molecular weight is 729 g/mol. The van der Waals surface area contributed by atoms with E-state index >= 15 is 0 Å². The molecule has 0 fully saturated rings. The Balaban J connectivity index is 1.02. The van der Waals surface area contributed by atoms with Crippen LogP contribution in [0.4, 0.5) is 0 Å². The number of benzene rings is 6. The molecule has 57 heavy (non-hydrogen) atoms. The molecule has 0 amide bonds. The third-order valence-electron chi connectivity index (χ3n) is 12.6. The van der Waals surface area contributed by atoms with E-state index in [1.165, 1.54) is 66.1 Å². The van der Waals surface area contributed by atoms with E-state index in [1.54, 1.807) is 0 Å². The average Bonchev–Trinajstić information content (AvgIpc) is 3.92. The number of allylic oxidation sites excluding steroid dienone is 4. The van der Waals surface area contributed by atoms with Crippen molar-refractivity contribution in [2.45, 2.75) is 11.8 Å². The lowest BCUT2D eigenvalue weighted by Gasteiger charge is -2.39. The number of rotatable bonds is 5. The molecule has 0 saturated heterocycles. The van der Waals surface area contributed by atoms with Gasteiger partial charge in [-0.15, -0.1) is 0 Å². The molecule has 0 spiro atoms. The first-order valence-electron chi connectivity index (χ1n) is 19.8. The Morgan fingerprint density at radius 3 is 2.05 bits per heavy atom. The van der Waals surface area contributed by atoms with Gasteiger partial charge in [0.1, 0.15) is 5.65 Å². The lowest BCUT2D eigenvalue weighted by molar-refractivity contribution is 0.457. The predicted molar refractivity (Wildman–Crippen MR) is 234 cm³/mol. The molecule has 0 bridgehead atoms. The van der Waals surface area contributed by atoms with Gasteiger partial charge in [-0.2, -0.15) is 0 Å². The first-order chi connectivity index (χ1) is 28.3. The van der Waals surface area contributed by atoms with Crippen LogP contribution in [-0.4, -0.2) is 19.1 Å². The third kappa shape index (κ3) is 4.50. The summed E-state index contributed by atoms with van der Waals surface area (Å²) in [6, 6.07) is 57.9. The number of hydrogen-bond donors (Lipinski definition) is 0. The van der Waals surface area contributed by atoms with E-state index in [0.717, 1.165) is 34.3 Å². The molecule has 0 aliphatic heterocycles. The molecule has 0 saturated carbocycles. The van der Waals surface area contributed by atoms with E-state index in [-0.39, 0.29) is 11.3 Å². The maximum absolute atomic E-state index is 5.05. The fraction of sp³-hybridized carbons (Fsp3) is 0.0566. The topological polar surface area (TPSA) is 35.6 Å². The number of nitrogens with zero attached hydrogens (tertiary/aromatic N) is 4. The van der Waals surface area contributed by atoms with Crippen LogP contribution in [0.2, 0.25) is 0 Å². The summed E-state index contributed by atoms with van der Waals surface area (Å²) in [7, 11) is 0. The quantitative estimate of drug-likeness (QED) is 0.177. The molecule has 0 radical (unpaired) electrons. The summed E-state index contributed by atoms with van der Waals surface area (Å²) in [6.07, 6.45) is 15.9. The van der Waals surface area contributed by atoms with Gasteiger partial charge < -0.3 is 4.57 Å². The fourth-order valence-corrected chi connectivity index (χ4v) is 10.2. The molecule has 2 atom stereocenters. The minimum absolute atomic E-state index is 0.262. The van der Waals surface area contributed by atoms with Crippen molar-refractivity contribution in [3.63, 3.8) is 0 Å². The normalized spacial score (nSPS) is 17.2. The van der Waals surface area contributed by atoms with Crippen molar-refractivity contribution in [2.24, 2.45) is 5.92 Å². The lowest BCUT2D eigenvalue weighted by Crippen LogP contribution is -2.35. The van der Waals surface area contributed by atoms with Crippen LogP contribution < -0.4 is 0 Å². The standard InChI is InChI=1S/C53H36N4/c1-3-12-37(13-4-1)53(38-14-5-2-6-15-38)46-19-9-7-17-45(46)50-47(53)30-29-43-44-18-11-32-55-52(44)57(51(43)50)40-27-23-36(24-28-40)35-21-25-39(26-22-35)56-48-20-10-8-16-41(48)42-31-33-54-34-49(42)56/h1-14,16-34,38H,15H2. The Morgan fingerprint density at radius 2 is 1.25 bits per heavy atom. The number of hydrogen-bond acceptors (Lipinski definition) is 2. The fourth-order valence-electron chi connectivity index (χ4n) is 10.2. The van der Waals surface area contributed by atoms with Crippen molar-refractivity contribution in [2.75, 3.05) is 0 Å². The van der Waals surface area contributed by atoms with Gasteiger partial charge in [-0.05, 0) is 94.3 Å². The van der Waals surface area contributed by atoms with Crippen molar-refractivity contribution < 1.29 is 0 Å². The highest BCUT2D eigenvalue weighted by atomic mass is 15.0.